The number of carbonyl (C=O) groups excluding carboxylic acids is 2. The van der Waals surface area contributed by atoms with E-state index in [1.54, 1.807) is 36.5 Å². The first-order valence-electron chi connectivity index (χ1n) is 11.9. The molecule has 3 N–H and O–H groups in total. The fraction of sp³-hybridized carbons (Fsp3) is 0.346. The summed E-state index contributed by atoms with van der Waals surface area (Å²) in [4.78, 5) is 30.8. The lowest BCUT2D eigenvalue weighted by molar-refractivity contribution is -0.201. The molecule has 11 heteroatoms. The number of benzene rings is 2. The number of aromatic nitrogens is 1. The van der Waals surface area contributed by atoms with Crippen molar-refractivity contribution in [3.05, 3.63) is 65.9 Å². The van der Waals surface area contributed by atoms with Gasteiger partial charge in [-0.25, -0.2) is 4.79 Å². The summed E-state index contributed by atoms with van der Waals surface area (Å²) in [5.41, 5.74) is 2.14. The summed E-state index contributed by atoms with van der Waals surface area (Å²) < 4.78 is 47.6. The van der Waals surface area contributed by atoms with Crippen LogP contribution in [0.4, 0.5) is 13.2 Å². The van der Waals surface area contributed by atoms with Crippen molar-refractivity contribution in [2.24, 2.45) is 4.99 Å². The second-order valence-electron chi connectivity index (χ2n) is 8.52. The Bertz CT molecular complexity index is 1260. The summed E-state index contributed by atoms with van der Waals surface area (Å²) in [7, 11) is 0. The molecule has 8 nitrogen and oxygen atoms in total. The van der Waals surface area contributed by atoms with E-state index in [4.69, 9.17) is 4.74 Å². The number of carbonyl (C=O) groups is 2. The minimum absolute atomic E-state index is 0.437. The largest absolute Gasteiger partial charge is 0.494 e. The Morgan fingerprint density at radius 2 is 1.92 bits per heavy atom. The van der Waals surface area contributed by atoms with Crippen molar-refractivity contribution in [1.29, 1.82) is 0 Å². The van der Waals surface area contributed by atoms with Crippen molar-refractivity contribution in [2.75, 3.05) is 26.2 Å². The van der Waals surface area contributed by atoms with Gasteiger partial charge in [0.2, 0.25) is 0 Å². The summed E-state index contributed by atoms with van der Waals surface area (Å²) in [6, 6.07) is 14.3. The van der Waals surface area contributed by atoms with E-state index in [1.807, 2.05) is 18.2 Å². The highest BCUT2D eigenvalue weighted by Gasteiger charge is 2.42. The molecule has 2 heterocycles. The van der Waals surface area contributed by atoms with Gasteiger partial charge in [0.1, 0.15) is 5.75 Å². The minimum Gasteiger partial charge on any atom is -0.494 e. The van der Waals surface area contributed by atoms with E-state index < -0.39 is 30.5 Å². The van der Waals surface area contributed by atoms with E-state index in [9.17, 15) is 22.8 Å². The van der Waals surface area contributed by atoms with Gasteiger partial charge >= 0.3 is 18.1 Å². The Morgan fingerprint density at radius 1 is 1.11 bits per heavy atom. The van der Waals surface area contributed by atoms with Crippen LogP contribution in [0.3, 0.4) is 0 Å². The van der Waals surface area contributed by atoms with Crippen LogP contribution < -0.4 is 15.4 Å². The molecule has 0 fully saturated rings. The lowest BCUT2D eigenvalue weighted by Crippen LogP contribution is -2.34. The van der Waals surface area contributed by atoms with Gasteiger partial charge in [-0.1, -0.05) is 30.3 Å². The molecule has 0 spiro atoms. The highest BCUT2D eigenvalue weighted by Crippen LogP contribution is 2.35. The topological polar surface area (TPSA) is 105 Å². The van der Waals surface area contributed by atoms with E-state index in [1.165, 1.54) is 0 Å². The number of H-pyrrole nitrogens is 1. The predicted molar refractivity (Wildman–Crippen MR) is 131 cm³/mol. The number of aliphatic imine (C=N–C) groups is 1. The number of guanidine groups is 1. The summed E-state index contributed by atoms with van der Waals surface area (Å²) >= 11 is 0. The van der Waals surface area contributed by atoms with Crippen LogP contribution in [0.5, 0.6) is 5.75 Å². The molecule has 0 saturated heterocycles. The number of fused-ring (bicyclic) bond motifs is 1. The Kier molecular flexibility index (Phi) is 8.32. The molecule has 4 rings (SSSR count). The number of esters is 2. The molecule has 2 aromatic carbocycles. The number of hydrogen-bond acceptors (Lipinski definition) is 7. The van der Waals surface area contributed by atoms with Crippen LogP contribution in [0, 0.1) is 0 Å². The Balaban J connectivity index is 1.41. The van der Waals surface area contributed by atoms with Gasteiger partial charge in [-0.2, -0.15) is 13.2 Å². The van der Waals surface area contributed by atoms with Crippen LogP contribution in [-0.2, 0) is 14.3 Å². The van der Waals surface area contributed by atoms with Gasteiger partial charge in [0.15, 0.2) is 5.96 Å². The van der Waals surface area contributed by atoms with Gasteiger partial charge in [0, 0.05) is 42.2 Å². The lowest BCUT2D eigenvalue weighted by Gasteiger charge is -2.17. The summed E-state index contributed by atoms with van der Waals surface area (Å²) in [5.74, 6) is -2.90. The number of ether oxygens (including phenoxy) is 2. The monoisotopic (exact) mass is 516 g/mol. The first-order valence-corrected chi connectivity index (χ1v) is 11.9. The number of aromatic amines is 1. The van der Waals surface area contributed by atoms with Crippen LogP contribution in [0.1, 0.15) is 36.3 Å². The van der Waals surface area contributed by atoms with Crippen molar-refractivity contribution >= 4 is 28.8 Å². The second-order valence-corrected chi connectivity index (χ2v) is 8.52. The molecule has 0 amide bonds. The molecule has 0 bridgehead atoms. The molecule has 1 aliphatic heterocycles. The number of halogens is 3. The lowest BCUT2D eigenvalue weighted by atomic mass is 9.88. The standard InChI is InChI=1S/C26H27F3N4O4/c27-26(28,29)24(35)37-23(34)15-20(17-6-2-1-3-7-17)21-16-33-22-14-18(8-9-19(21)22)36-13-5-4-10-30-25-31-11-12-32-25/h1-3,6-9,14,16,20,33H,4-5,10-13,15H2,(H2,30,31,32). The third-order valence-electron chi connectivity index (χ3n) is 5.88. The highest BCUT2D eigenvalue weighted by atomic mass is 19.4. The number of alkyl halides is 3. The van der Waals surface area contributed by atoms with Crippen molar-refractivity contribution in [3.8, 4) is 5.75 Å². The first kappa shape index (κ1) is 26.1. The van der Waals surface area contributed by atoms with Crippen LogP contribution in [-0.4, -0.2) is 55.3 Å². The summed E-state index contributed by atoms with van der Waals surface area (Å²) in [6.45, 7) is 2.99. The fourth-order valence-electron chi connectivity index (χ4n) is 4.11. The Labute approximate surface area is 211 Å². The maximum absolute atomic E-state index is 12.5. The molecule has 196 valence electrons. The van der Waals surface area contributed by atoms with Crippen LogP contribution in [0.2, 0.25) is 0 Å². The van der Waals surface area contributed by atoms with Gasteiger partial charge in [0.05, 0.1) is 19.6 Å². The van der Waals surface area contributed by atoms with Gasteiger partial charge in [-0.3, -0.25) is 9.79 Å². The molecular weight excluding hydrogens is 489 g/mol. The smallest absolute Gasteiger partial charge is 0.491 e. The van der Waals surface area contributed by atoms with Crippen molar-refractivity contribution in [2.45, 2.75) is 31.4 Å². The number of rotatable bonds is 10. The molecule has 1 unspecified atom stereocenters. The quantitative estimate of drug-likeness (QED) is 0.214. The van der Waals surface area contributed by atoms with Crippen LogP contribution in [0.15, 0.2) is 59.7 Å². The number of hydrogen-bond donors (Lipinski definition) is 3. The van der Waals surface area contributed by atoms with E-state index in [-0.39, 0.29) is 0 Å². The van der Waals surface area contributed by atoms with Gasteiger partial charge in [-0.15, -0.1) is 0 Å². The van der Waals surface area contributed by atoms with E-state index in [0.717, 1.165) is 49.3 Å². The average Bonchev–Trinajstić information content (AvgIpc) is 3.54. The zero-order valence-electron chi connectivity index (χ0n) is 19.9. The van der Waals surface area contributed by atoms with E-state index >= 15 is 0 Å². The Morgan fingerprint density at radius 3 is 2.65 bits per heavy atom. The molecule has 1 aliphatic rings. The maximum Gasteiger partial charge on any atom is 0.491 e. The zero-order valence-corrected chi connectivity index (χ0v) is 19.9. The van der Waals surface area contributed by atoms with E-state index in [0.29, 0.717) is 23.5 Å². The number of nitrogens with zero attached hydrogens (tertiary/aromatic N) is 1. The predicted octanol–water partition coefficient (Wildman–Crippen LogP) is 4.03. The molecule has 37 heavy (non-hydrogen) atoms. The Hall–Kier alpha value is -4.02. The van der Waals surface area contributed by atoms with E-state index in [2.05, 4.69) is 25.3 Å². The minimum atomic E-state index is -5.24. The average molecular weight is 517 g/mol. The number of nitrogens with one attached hydrogen (secondary N) is 3. The third kappa shape index (κ3) is 7.02. The SMILES string of the molecule is O=C(CC(c1ccccc1)c1c[nH]c2cc(OCCCCNC3=NCCN3)ccc12)OC(=O)C(F)(F)F. The second kappa shape index (κ2) is 11.8. The molecule has 0 radical (unpaired) electrons. The highest BCUT2D eigenvalue weighted by molar-refractivity contribution is 5.90. The zero-order chi connectivity index (χ0) is 26.3. The molecule has 1 atom stereocenters. The van der Waals surface area contributed by atoms with Gasteiger partial charge in [-0.05, 0) is 36.1 Å². The van der Waals surface area contributed by atoms with Gasteiger partial charge in [0.25, 0.3) is 0 Å². The van der Waals surface area contributed by atoms with Crippen LogP contribution in [0.25, 0.3) is 10.9 Å². The molecule has 3 aromatic rings. The van der Waals surface area contributed by atoms with Crippen molar-refractivity contribution in [3.63, 3.8) is 0 Å². The maximum atomic E-state index is 12.5. The van der Waals surface area contributed by atoms with Gasteiger partial charge < -0.3 is 25.1 Å². The normalized spacial score (nSPS) is 14.1. The fourth-order valence-corrected chi connectivity index (χ4v) is 4.11. The summed E-state index contributed by atoms with van der Waals surface area (Å²) in [5, 5.41) is 7.17. The molecule has 1 aromatic heterocycles. The molecule has 0 saturated carbocycles. The summed E-state index contributed by atoms with van der Waals surface area (Å²) in [6.07, 6.45) is -2.21. The first-order chi connectivity index (χ1) is 17.8. The molecule has 0 aliphatic carbocycles. The third-order valence-corrected chi connectivity index (χ3v) is 5.88. The van der Waals surface area contributed by atoms with Crippen molar-refractivity contribution in [1.82, 2.24) is 15.6 Å². The number of unbranched alkanes of at least 4 members (excludes halogenated alkanes) is 1. The van der Waals surface area contributed by atoms with Crippen molar-refractivity contribution < 1.29 is 32.2 Å². The van der Waals surface area contributed by atoms with Crippen LogP contribution >= 0.6 is 0 Å². The molecular formula is C26H27F3N4O4.